The van der Waals surface area contributed by atoms with Crippen LogP contribution in [0.1, 0.15) is 45.4 Å². The van der Waals surface area contributed by atoms with Crippen molar-refractivity contribution in [2.24, 2.45) is 0 Å². The molecule has 0 unspecified atom stereocenters. The highest BCUT2D eigenvalue weighted by Gasteiger charge is 1.99. The number of ether oxygens (including phenoxy) is 10. The van der Waals surface area contributed by atoms with Crippen molar-refractivity contribution in [1.29, 1.82) is 0 Å². The van der Waals surface area contributed by atoms with Crippen LogP contribution in [0.2, 0.25) is 0 Å². The van der Waals surface area contributed by atoms with E-state index in [1.807, 2.05) is 0 Å². The van der Waals surface area contributed by atoms with Gasteiger partial charge in [-0.15, -0.1) is 0 Å². The van der Waals surface area contributed by atoms with E-state index in [4.69, 9.17) is 42.6 Å². The van der Waals surface area contributed by atoms with Gasteiger partial charge in [0.15, 0.2) is 0 Å². The van der Waals surface area contributed by atoms with Crippen LogP contribution in [-0.2, 0) is 52.2 Å². The van der Waals surface area contributed by atoms with Gasteiger partial charge >= 0.3 is 5.97 Å². The molecule has 0 aliphatic heterocycles. The Kier molecular flexibility index (Phi) is 33.3. The molecule has 11 nitrogen and oxygen atoms in total. The molecular weight excluding hydrogens is 500 g/mol. The highest BCUT2D eigenvalue weighted by atomic mass is 16.6. The predicted octanol–water partition coefficient (Wildman–Crippen LogP) is 2.67. The van der Waals surface area contributed by atoms with Gasteiger partial charge in [0.2, 0.25) is 0 Å². The second-order valence-electron chi connectivity index (χ2n) is 8.25. The minimum atomic E-state index is -0.281. The van der Waals surface area contributed by atoms with E-state index < -0.39 is 0 Å². The first-order valence-electron chi connectivity index (χ1n) is 14.1. The lowest BCUT2D eigenvalue weighted by Gasteiger charge is -2.09. The SMILES string of the molecule is CCCCCCCOCCOCCOCCOCCOCCOCCOCCOCCOCCC(=O)OC. The van der Waals surface area contributed by atoms with Gasteiger partial charge in [0.1, 0.15) is 0 Å². The number of carbonyl (C=O) groups excluding carboxylic acids is 1. The standard InChI is InChI=1S/C27H54O11/c1-3-4-5-6-7-9-30-11-13-32-15-17-34-19-21-36-23-25-38-26-24-37-22-20-35-18-16-33-14-12-31-10-8-27(28)29-2/h3-26H2,1-2H3. The van der Waals surface area contributed by atoms with Crippen molar-refractivity contribution in [2.45, 2.75) is 45.4 Å². The van der Waals surface area contributed by atoms with Gasteiger partial charge in [0.25, 0.3) is 0 Å². The molecular formula is C27H54O11. The zero-order valence-corrected chi connectivity index (χ0v) is 24.0. The van der Waals surface area contributed by atoms with Crippen LogP contribution in [0.5, 0.6) is 0 Å². The van der Waals surface area contributed by atoms with Crippen LogP contribution in [-0.4, -0.2) is 132 Å². The number of methoxy groups -OCH3 is 1. The van der Waals surface area contributed by atoms with Gasteiger partial charge in [-0.2, -0.15) is 0 Å². The van der Waals surface area contributed by atoms with Crippen molar-refractivity contribution in [3.63, 3.8) is 0 Å². The zero-order chi connectivity index (χ0) is 27.6. The van der Waals surface area contributed by atoms with Crippen molar-refractivity contribution < 1.29 is 52.2 Å². The van der Waals surface area contributed by atoms with E-state index in [-0.39, 0.29) is 12.4 Å². The lowest BCUT2D eigenvalue weighted by atomic mass is 10.2. The highest BCUT2D eigenvalue weighted by Crippen LogP contribution is 2.02. The third kappa shape index (κ3) is 33.1. The molecule has 0 aliphatic carbocycles. The molecule has 0 bridgehead atoms. The molecule has 0 atom stereocenters. The van der Waals surface area contributed by atoms with E-state index >= 15 is 0 Å². The summed E-state index contributed by atoms with van der Waals surface area (Å²) in [6.45, 7) is 11.8. The predicted molar refractivity (Wildman–Crippen MR) is 143 cm³/mol. The Balaban J connectivity index is 3.03. The Morgan fingerprint density at radius 1 is 0.395 bits per heavy atom. The fourth-order valence-corrected chi connectivity index (χ4v) is 2.93. The van der Waals surface area contributed by atoms with Crippen LogP contribution in [0.4, 0.5) is 0 Å². The third-order valence-corrected chi connectivity index (χ3v) is 5.05. The summed E-state index contributed by atoms with van der Waals surface area (Å²) in [6.07, 6.45) is 6.53. The molecule has 0 amide bonds. The first-order valence-corrected chi connectivity index (χ1v) is 14.1. The summed E-state index contributed by atoms with van der Waals surface area (Å²) in [5, 5.41) is 0. The van der Waals surface area contributed by atoms with E-state index in [0.717, 1.165) is 13.0 Å². The smallest absolute Gasteiger partial charge is 0.307 e. The van der Waals surface area contributed by atoms with Crippen LogP contribution >= 0.6 is 0 Å². The van der Waals surface area contributed by atoms with Crippen molar-refractivity contribution >= 4 is 5.97 Å². The van der Waals surface area contributed by atoms with Crippen molar-refractivity contribution in [2.75, 3.05) is 126 Å². The van der Waals surface area contributed by atoms with Gasteiger partial charge in [-0.1, -0.05) is 32.6 Å². The van der Waals surface area contributed by atoms with Gasteiger partial charge in [0, 0.05) is 6.61 Å². The largest absolute Gasteiger partial charge is 0.469 e. The topological polar surface area (TPSA) is 109 Å². The van der Waals surface area contributed by atoms with Gasteiger partial charge in [-0.05, 0) is 6.42 Å². The number of esters is 1. The number of hydrogen-bond donors (Lipinski definition) is 0. The summed E-state index contributed by atoms with van der Waals surface area (Å²) in [5.41, 5.74) is 0. The molecule has 0 aromatic carbocycles. The van der Waals surface area contributed by atoms with Gasteiger partial charge < -0.3 is 47.4 Å². The molecule has 0 spiro atoms. The van der Waals surface area contributed by atoms with Gasteiger partial charge in [-0.3, -0.25) is 4.79 Å². The molecule has 11 heteroatoms. The third-order valence-electron chi connectivity index (χ3n) is 5.05. The fourth-order valence-electron chi connectivity index (χ4n) is 2.93. The first-order chi connectivity index (χ1) is 18.8. The van der Waals surface area contributed by atoms with E-state index in [1.165, 1.54) is 32.8 Å². The fraction of sp³-hybridized carbons (Fsp3) is 0.963. The van der Waals surface area contributed by atoms with Crippen LogP contribution in [0.15, 0.2) is 0 Å². The normalized spacial score (nSPS) is 11.3. The Hall–Kier alpha value is -0.890. The van der Waals surface area contributed by atoms with Gasteiger partial charge in [0.05, 0.1) is 126 Å². The summed E-state index contributed by atoms with van der Waals surface area (Å²) < 4.78 is 53.4. The average molecular weight is 555 g/mol. The molecule has 0 radical (unpaired) electrons. The molecule has 0 heterocycles. The Morgan fingerprint density at radius 2 is 0.684 bits per heavy atom. The maximum absolute atomic E-state index is 10.9. The molecule has 0 saturated carbocycles. The van der Waals surface area contributed by atoms with E-state index in [9.17, 15) is 4.79 Å². The molecule has 38 heavy (non-hydrogen) atoms. The van der Waals surface area contributed by atoms with Crippen molar-refractivity contribution in [3.05, 3.63) is 0 Å². The lowest BCUT2D eigenvalue weighted by Crippen LogP contribution is -2.15. The molecule has 0 fully saturated rings. The maximum atomic E-state index is 10.9. The van der Waals surface area contributed by atoms with Crippen LogP contribution in [0.25, 0.3) is 0 Å². The Morgan fingerprint density at radius 3 is 1.00 bits per heavy atom. The van der Waals surface area contributed by atoms with Crippen molar-refractivity contribution in [3.8, 4) is 0 Å². The molecule has 0 aliphatic rings. The summed E-state index contributed by atoms with van der Waals surface area (Å²) >= 11 is 0. The summed E-state index contributed by atoms with van der Waals surface area (Å²) in [7, 11) is 1.36. The highest BCUT2D eigenvalue weighted by molar-refractivity contribution is 5.69. The molecule has 0 rings (SSSR count). The first kappa shape index (κ1) is 37.1. The van der Waals surface area contributed by atoms with Gasteiger partial charge in [-0.25, -0.2) is 0 Å². The zero-order valence-electron chi connectivity index (χ0n) is 24.0. The van der Waals surface area contributed by atoms with E-state index in [0.29, 0.717) is 112 Å². The molecule has 228 valence electrons. The quantitative estimate of drug-likeness (QED) is 0.0882. The number of rotatable bonds is 33. The van der Waals surface area contributed by atoms with Crippen molar-refractivity contribution in [1.82, 2.24) is 0 Å². The summed E-state index contributed by atoms with van der Waals surface area (Å²) in [4.78, 5) is 10.9. The van der Waals surface area contributed by atoms with Crippen LogP contribution < -0.4 is 0 Å². The molecule has 0 aromatic rings. The number of unbranched alkanes of at least 4 members (excludes halogenated alkanes) is 4. The number of hydrogen-bond acceptors (Lipinski definition) is 11. The Labute approximate surface area is 230 Å². The average Bonchev–Trinajstić information content (AvgIpc) is 2.93. The van der Waals surface area contributed by atoms with Crippen LogP contribution in [0, 0.1) is 0 Å². The molecule has 0 saturated heterocycles. The lowest BCUT2D eigenvalue weighted by molar-refractivity contribution is -0.141. The second kappa shape index (κ2) is 34.1. The molecule has 0 N–H and O–H groups in total. The monoisotopic (exact) mass is 554 g/mol. The van der Waals surface area contributed by atoms with E-state index in [1.54, 1.807) is 0 Å². The minimum absolute atomic E-state index is 0.251. The molecule has 0 aromatic heterocycles. The number of carbonyl (C=O) groups is 1. The van der Waals surface area contributed by atoms with Crippen LogP contribution in [0.3, 0.4) is 0 Å². The Bertz CT molecular complexity index is 455. The second-order valence-corrected chi connectivity index (χ2v) is 8.25. The maximum Gasteiger partial charge on any atom is 0.307 e. The summed E-state index contributed by atoms with van der Waals surface area (Å²) in [6, 6.07) is 0. The minimum Gasteiger partial charge on any atom is -0.469 e. The summed E-state index contributed by atoms with van der Waals surface area (Å²) in [5.74, 6) is -0.281. The van der Waals surface area contributed by atoms with E-state index in [2.05, 4.69) is 11.7 Å².